The first-order chi connectivity index (χ1) is 31.0. The van der Waals surface area contributed by atoms with Crippen LogP contribution in [0, 0.1) is 29.6 Å². The molecular formula is C47H64N4O14. The number of Topliss-reactive ketones (excluding diaryl/α,β-unsaturated/α-hetero) is 1. The number of cyclic esters (lactones) is 1. The summed E-state index contributed by atoms with van der Waals surface area (Å²) in [6.45, 7) is 10.3. The topological polar surface area (TPSA) is 233 Å². The molecule has 18 nitrogen and oxygen atoms in total. The molecule has 1 aliphatic rings. The summed E-state index contributed by atoms with van der Waals surface area (Å²) in [5.74, 6) is -3.32. The maximum absolute atomic E-state index is 13.6. The molecule has 18 heteroatoms. The number of hydrogen-bond donors (Lipinski definition) is 1. The van der Waals surface area contributed by atoms with Crippen molar-refractivity contribution in [3.8, 4) is 23.2 Å². The Hall–Kier alpha value is -5.56. The SMILES string of the molecule is CO[C@H]1CC=Cc2nc(co2)-c2nc(co2)-c2nc(co2)[C@@H](OC)[C@@H](C)C(=O)C=CC[C@@H](O)CC(=O)O[C@@H](C[C@H](OC)[C@H](C)CCC(=O)[C@H](C)[C@H](OC(C)=O)[C@@H](C)C=CN(C)C=O)[C@@H]1C. The monoisotopic (exact) mass is 908 g/mol. The zero-order chi connectivity index (χ0) is 47.8. The minimum absolute atomic E-state index is 0.00470. The number of aliphatic hydroxyl groups excluding tert-OH is 1. The van der Waals surface area contributed by atoms with E-state index in [9.17, 15) is 29.1 Å². The molecule has 3 aromatic heterocycles. The molecule has 6 bridgehead atoms. The van der Waals surface area contributed by atoms with Crippen LogP contribution in [0.1, 0.15) is 97.8 Å². The molecule has 0 aliphatic carbocycles. The van der Waals surface area contributed by atoms with Gasteiger partial charge in [-0.25, -0.2) is 15.0 Å². The molecule has 11 atom stereocenters. The number of fused-ring (bicyclic) bond motifs is 8. The number of amides is 1. The summed E-state index contributed by atoms with van der Waals surface area (Å²) in [5.41, 5.74) is 0.978. The first-order valence-corrected chi connectivity index (χ1v) is 21.7. The Morgan fingerprint density at radius 2 is 1.62 bits per heavy atom. The summed E-state index contributed by atoms with van der Waals surface area (Å²) < 4.78 is 46.2. The van der Waals surface area contributed by atoms with Gasteiger partial charge in [0.25, 0.3) is 0 Å². The van der Waals surface area contributed by atoms with Crippen LogP contribution in [0.2, 0.25) is 0 Å². The first kappa shape index (κ1) is 52.1. The average molecular weight is 909 g/mol. The van der Waals surface area contributed by atoms with Gasteiger partial charge in [0, 0.05) is 66.2 Å². The highest BCUT2D eigenvalue weighted by molar-refractivity contribution is 5.92. The predicted octanol–water partition coefficient (Wildman–Crippen LogP) is 6.75. The number of nitrogens with zero attached hydrogens (tertiary/aromatic N) is 4. The molecule has 0 fully saturated rings. The van der Waals surface area contributed by atoms with Crippen LogP contribution in [0.3, 0.4) is 0 Å². The number of carbonyl (C=O) groups is 5. The van der Waals surface area contributed by atoms with Gasteiger partial charge >= 0.3 is 11.9 Å². The number of aromatic nitrogens is 3. The van der Waals surface area contributed by atoms with Crippen molar-refractivity contribution in [1.29, 1.82) is 0 Å². The van der Waals surface area contributed by atoms with Gasteiger partial charge in [-0.1, -0.05) is 52.8 Å². The van der Waals surface area contributed by atoms with E-state index in [2.05, 4.69) is 15.0 Å². The van der Waals surface area contributed by atoms with E-state index in [1.807, 2.05) is 26.8 Å². The van der Waals surface area contributed by atoms with Crippen LogP contribution in [0.25, 0.3) is 29.2 Å². The van der Waals surface area contributed by atoms with Crippen LogP contribution in [0.4, 0.5) is 0 Å². The number of esters is 2. The Kier molecular flexibility index (Phi) is 20.2. The standard InChI is InChI=1S/C47H64N4O14/c1-27(17-18-38(56)29(3)44(64-32(6)53)28(2)19-20-51(7)26-52)40(59-9)22-41-31(5)39(58-8)15-12-16-42-48-35(24-61-42)46-50-36(25-63-46)47-49-34(23-62-47)45(60-10)30(4)37(55)14-11-13-33(54)21-43(57)65-41/h11-12,14,16,19-20,23-31,33,39-41,44-45,54H,13,15,17-18,21-22H2,1-10H3/t27-,28+,29+,30+,31-,33-,39+,40+,41+,44-,45+/m1/s1. The van der Waals surface area contributed by atoms with Gasteiger partial charge in [-0.05, 0) is 37.3 Å². The number of hydrogen-bond acceptors (Lipinski definition) is 17. The molecule has 4 rings (SSSR count). The fraction of sp³-hybridized carbons (Fsp3) is 0.574. The van der Waals surface area contributed by atoms with Crippen molar-refractivity contribution in [3.63, 3.8) is 0 Å². The average Bonchev–Trinajstić information content (AvgIpc) is 4.08. The van der Waals surface area contributed by atoms with Crippen molar-refractivity contribution in [2.24, 2.45) is 29.6 Å². The second-order valence-corrected chi connectivity index (χ2v) is 16.7. The fourth-order valence-electron chi connectivity index (χ4n) is 7.67. The summed E-state index contributed by atoms with van der Waals surface area (Å²) in [6, 6.07) is 0. The number of methoxy groups -OCH3 is 3. The van der Waals surface area contributed by atoms with E-state index < -0.39 is 66.3 Å². The smallest absolute Gasteiger partial charge is 0.308 e. The third-order valence-electron chi connectivity index (χ3n) is 11.8. The lowest BCUT2D eigenvalue weighted by Crippen LogP contribution is -2.39. The molecule has 0 spiro atoms. The molecule has 4 heterocycles. The number of carbonyl (C=O) groups excluding carboxylic acids is 5. The Bertz CT molecular complexity index is 2100. The Morgan fingerprint density at radius 1 is 0.938 bits per heavy atom. The van der Waals surface area contributed by atoms with Gasteiger partial charge in [-0.2, -0.15) is 0 Å². The predicted molar refractivity (Wildman–Crippen MR) is 235 cm³/mol. The summed E-state index contributed by atoms with van der Waals surface area (Å²) in [6.07, 6.45) is 10.8. The summed E-state index contributed by atoms with van der Waals surface area (Å²) in [7, 11) is 6.14. The molecule has 65 heavy (non-hydrogen) atoms. The molecule has 0 saturated heterocycles. The van der Waals surface area contributed by atoms with E-state index in [0.717, 1.165) is 0 Å². The van der Waals surface area contributed by atoms with Gasteiger partial charge in [-0.15, -0.1) is 0 Å². The highest BCUT2D eigenvalue weighted by atomic mass is 16.6. The number of ketones is 2. The highest BCUT2D eigenvalue weighted by Gasteiger charge is 2.35. The molecule has 1 aliphatic heterocycles. The van der Waals surface area contributed by atoms with E-state index in [1.165, 1.54) is 49.9 Å². The maximum atomic E-state index is 13.6. The van der Waals surface area contributed by atoms with E-state index in [4.69, 9.17) is 36.9 Å². The maximum Gasteiger partial charge on any atom is 0.308 e. The molecule has 3 aromatic rings. The second-order valence-electron chi connectivity index (χ2n) is 16.7. The molecular weight excluding hydrogens is 845 g/mol. The van der Waals surface area contributed by atoms with E-state index in [0.29, 0.717) is 36.3 Å². The molecule has 0 aromatic carbocycles. The number of rotatable bonds is 16. The number of oxazole rings is 3. The lowest BCUT2D eigenvalue weighted by atomic mass is 9.84. The minimum atomic E-state index is -1.16. The van der Waals surface area contributed by atoms with Crippen LogP contribution in [-0.2, 0) is 47.7 Å². The lowest BCUT2D eigenvalue weighted by molar-refractivity contribution is -0.159. The summed E-state index contributed by atoms with van der Waals surface area (Å²) in [5, 5.41) is 10.9. The Labute approximate surface area is 379 Å². The van der Waals surface area contributed by atoms with E-state index >= 15 is 0 Å². The van der Waals surface area contributed by atoms with Crippen LogP contribution in [0.15, 0.2) is 62.5 Å². The Morgan fingerprint density at radius 3 is 2.29 bits per heavy atom. The van der Waals surface area contributed by atoms with E-state index in [1.54, 1.807) is 53.5 Å². The van der Waals surface area contributed by atoms with Gasteiger partial charge in [0.1, 0.15) is 48.6 Å². The normalized spacial score (nSPS) is 23.7. The van der Waals surface area contributed by atoms with Crippen molar-refractivity contribution >= 4 is 36.0 Å². The van der Waals surface area contributed by atoms with Crippen molar-refractivity contribution in [2.45, 2.75) is 117 Å². The zero-order valence-corrected chi connectivity index (χ0v) is 38.9. The van der Waals surface area contributed by atoms with Crippen molar-refractivity contribution in [2.75, 3.05) is 28.4 Å². The molecule has 1 N–H and O–H groups in total. The molecule has 0 radical (unpaired) electrons. The lowest BCUT2D eigenvalue weighted by Gasteiger charge is -2.34. The first-order valence-electron chi connectivity index (χ1n) is 21.7. The molecule has 1 amide bonds. The fourth-order valence-corrected chi connectivity index (χ4v) is 7.67. The third-order valence-corrected chi connectivity index (χ3v) is 11.8. The third kappa shape index (κ3) is 15.0. The van der Waals surface area contributed by atoms with Gasteiger partial charge in [0.15, 0.2) is 17.2 Å². The van der Waals surface area contributed by atoms with Crippen LogP contribution in [-0.4, -0.2) is 114 Å². The van der Waals surface area contributed by atoms with Crippen molar-refractivity contribution in [3.05, 3.63) is 60.9 Å². The number of ether oxygens (including phenoxy) is 5. The number of aliphatic hydroxyl groups is 1. The highest BCUT2D eigenvalue weighted by Crippen LogP contribution is 2.32. The Balaban J connectivity index is 1.55. The van der Waals surface area contributed by atoms with Crippen LogP contribution in [0.5, 0.6) is 0 Å². The van der Waals surface area contributed by atoms with Crippen LogP contribution >= 0.6 is 0 Å². The molecule has 356 valence electrons. The summed E-state index contributed by atoms with van der Waals surface area (Å²) >= 11 is 0. The number of allylic oxidation sites excluding steroid dienone is 1. The summed E-state index contributed by atoms with van der Waals surface area (Å²) in [4.78, 5) is 78.2. The van der Waals surface area contributed by atoms with Gasteiger partial charge in [0.2, 0.25) is 24.1 Å². The van der Waals surface area contributed by atoms with Crippen LogP contribution < -0.4 is 0 Å². The largest absolute Gasteiger partial charge is 0.462 e. The minimum Gasteiger partial charge on any atom is -0.462 e. The van der Waals surface area contributed by atoms with Gasteiger partial charge < -0.3 is 46.9 Å². The quantitative estimate of drug-likeness (QED) is 0.116. The zero-order valence-electron chi connectivity index (χ0n) is 38.9. The van der Waals surface area contributed by atoms with Crippen molar-refractivity contribution in [1.82, 2.24) is 19.9 Å². The second kappa shape index (κ2) is 25.2. The van der Waals surface area contributed by atoms with Crippen molar-refractivity contribution < 1.29 is 66.0 Å². The molecule has 0 unspecified atom stereocenters. The molecule has 0 saturated carbocycles. The van der Waals surface area contributed by atoms with Gasteiger partial charge in [0.05, 0.1) is 36.6 Å². The van der Waals surface area contributed by atoms with E-state index in [-0.39, 0.29) is 66.8 Å². The van der Waals surface area contributed by atoms with Gasteiger partial charge in [-0.3, -0.25) is 24.0 Å².